The fourth-order valence-electron chi connectivity index (χ4n) is 4.47. The van der Waals surface area contributed by atoms with Gasteiger partial charge in [0.1, 0.15) is 19.3 Å². The number of phosphoric acid groups is 1. The molecule has 0 aliphatic carbocycles. The van der Waals surface area contributed by atoms with Gasteiger partial charge in [0.05, 0.1) is 34.4 Å². The molecular formula is C42H73NO7P+. The SMILES string of the molecule is CC/C=C\C/C=C\C/C=C\C/C=C\C/C=C\C/C=C\C/C=C\CCCCCCOCC(COP(=O)(O)OCC[N+](C)(C)C)OC(=O)CCCCC. The number of hydrogen-bond donors (Lipinski definition) is 1. The van der Waals surface area contributed by atoms with E-state index in [1.807, 2.05) is 21.1 Å². The number of carbonyl (C=O) groups is 1. The quantitative estimate of drug-likeness (QED) is 0.0231. The van der Waals surface area contributed by atoms with Crippen molar-refractivity contribution in [3.8, 4) is 0 Å². The number of nitrogens with zero attached hydrogens (tertiary/aromatic N) is 1. The average molecular weight is 735 g/mol. The van der Waals surface area contributed by atoms with Crippen LogP contribution in [0.2, 0.25) is 0 Å². The summed E-state index contributed by atoms with van der Waals surface area (Å²) >= 11 is 0. The molecular weight excluding hydrogens is 661 g/mol. The molecule has 0 aromatic heterocycles. The molecule has 0 spiro atoms. The van der Waals surface area contributed by atoms with Crippen LogP contribution in [0.1, 0.15) is 117 Å². The van der Waals surface area contributed by atoms with Gasteiger partial charge < -0.3 is 18.9 Å². The zero-order chi connectivity index (χ0) is 37.7. The van der Waals surface area contributed by atoms with Gasteiger partial charge in [-0.25, -0.2) is 4.57 Å². The molecule has 0 heterocycles. The molecule has 8 nitrogen and oxygen atoms in total. The molecule has 0 aromatic carbocycles. The summed E-state index contributed by atoms with van der Waals surface area (Å²) in [5, 5.41) is 0. The number of hydrogen-bond acceptors (Lipinski definition) is 6. The third-order valence-corrected chi connectivity index (χ3v) is 8.46. The summed E-state index contributed by atoms with van der Waals surface area (Å²) in [4.78, 5) is 22.3. The Hall–Kier alpha value is -2.32. The monoisotopic (exact) mass is 735 g/mol. The lowest BCUT2D eigenvalue weighted by molar-refractivity contribution is -0.870. The van der Waals surface area contributed by atoms with E-state index in [1.54, 1.807) is 0 Å². The van der Waals surface area contributed by atoms with Crippen molar-refractivity contribution in [1.29, 1.82) is 0 Å². The molecule has 0 aliphatic rings. The van der Waals surface area contributed by atoms with Gasteiger partial charge >= 0.3 is 13.8 Å². The molecule has 0 bridgehead atoms. The Bertz CT molecular complexity index is 1090. The summed E-state index contributed by atoms with van der Waals surface area (Å²) in [7, 11) is 1.63. The number of esters is 1. The Morgan fingerprint density at radius 2 is 1.14 bits per heavy atom. The van der Waals surface area contributed by atoms with Crippen LogP contribution in [0, 0.1) is 0 Å². The third-order valence-electron chi connectivity index (χ3n) is 7.47. The highest BCUT2D eigenvalue weighted by Gasteiger charge is 2.26. The second-order valence-electron chi connectivity index (χ2n) is 13.6. The Balaban J connectivity index is 4.04. The first kappa shape index (κ1) is 48.7. The Morgan fingerprint density at radius 3 is 1.65 bits per heavy atom. The van der Waals surface area contributed by atoms with E-state index in [-0.39, 0.29) is 25.8 Å². The van der Waals surface area contributed by atoms with Gasteiger partial charge in [-0.15, -0.1) is 0 Å². The van der Waals surface area contributed by atoms with E-state index in [0.717, 1.165) is 96.3 Å². The normalized spacial score (nSPS) is 14.9. The molecule has 0 rings (SSSR count). The second kappa shape index (κ2) is 34.7. The number of likely N-dealkylation sites (N-methyl/N-ethyl adjacent to an activating group) is 1. The fraction of sp³-hybridized carbons (Fsp3) is 0.643. The van der Waals surface area contributed by atoms with Crippen LogP contribution in [0.5, 0.6) is 0 Å². The number of unbranched alkanes of at least 4 members (excludes halogenated alkanes) is 6. The van der Waals surface area contributed by atoms with Gasteiger partial charge in [0.15, 0.2) is 0 Å². The maximum absolute atomic E-state index is 12.3. The first-order valence-electron chi connectivity index (χ1n) is 19.3. The maximum atomic E-state index is 12.3. The van der Waals surface area contributed by atoms with Crippen molar-refractivity contribution in [3.05, 3.63) is 85.1 Å². The van der Waals surface area contributed by atoms with Crippen LogP contribution in [-0.4, -0.2) is 75.6 Å². The van der Waals surface area contributed by atoms with Crippen LogP contribution in [0.15, 0.2) is 85.1 Å². The molecule has 2 unspecified atom stereocenters. The van der Waals surface area contributed by atoms with Crippen LogP contribution in [0.4, 0.5) is 0 Å². The van der Waals surface area contributed by atoms with Crippen LogP contribution in [0.25, 0.3) is 0 Å². The number of quaternary nitrogens is 1. The van der Waals surface area contributed by atoms with Crippen molar-refractivity contribution in [3.63, 3.8) is 0 Å². The third kappa shape index (κ3) is 38.7. The molecule has 0 saturated heterocycles. The number of allylic oxidation sites excluding steroid dienone is 14. The predicted octanol–water partition coefficient (Wildman–Crippen LogP) is 10.9. The lowest BCUT2D eigenvalue weighted by atomic mass is 10.1. The minimum absolute atomic E-state index is 0.0779. The molecule has 292 valence electrons. The van der Waals surface area contributed by atoms with E-state index in [0.29, 0.717) is 24.1 Å². The first-order valence-corrected chi connectivity index (χ1v) is 20.8. The van der Waals surface area contributed by atoms with Gasteiger partial charge in [-0.2, -0.15) is 0 Å². The fourth-order valence-corrected chi connectivity index (χ4v) is 5.21. The van der Waals surface area contributed by atoms with Crippen molar-refractivity contribution < 1.29 is 37.3 Å². The highest BCUT2D eigenvalue weighted by Crippen LogP contribution is 2.43. The predicted molar refractivity (Wildman–Crippen MR) is 215 cm³/mol. The molecule has 0 fully saturated rings. The zero-order valence-electron chi connectivity index (χ0n) is 32.8. The molecule has 2 atom stereocenters. The topological polar surface area (TPSA) is 91.3 Å². The van der Waals surface area contributed by atoms with Gasteiger partial charge in [-0.3, -0.25) is 13.8 Å². The molecule has 9 heteroatoms. The minimum Gasteiger partial charge on any atom is -0.457 e. The van der Waals surface area contributed by atoms with Crippen LogP contribution < -0.4 is 0 Å². The summed E-state index contributed by atoms with van der Waals surface area (Å²) in [5.41, 5.74) is 0. The minimum atomic E-state index is -4.26. The number of rotatable bonds is 34. The first-order chi connectivity index (χ1) is 24.6. The summed E-state index contributed by atoms with van der Waals surface area (Å²) in [6, 6.07) is 0. The van der Waals surface area contributed by atoms with E-state index in [9.17, 15) is 14.3 Å². The summed E-state index contributed by atoms with van der Waals surface area (Å²) in [6.45, 7) is 5.22. The van der Waals surface area contributed by atoms with E-state index < -0.39 is 13.9 Å². The smallest absolute Gasteiger partial charge is 0.457 e. The van der Waals surface area contributed by atoms with Gasteiger partial charge in [-0.05, 0) is 70.6 Å². The standard InChI is InChI=1S/C42H72NO7P/c1-6-8-10-11-12-13-14-15-16-17-18-19-20-21-22-23-24-25-26-27-28-29-30-31-32-34-37-47-39-41(50-42(44)35-33-9-7-2)40-49-51(45,46)48-38-36-43(3,4)5/h8,10,12-13,15-16,18-19,21-22,24-25,27-28,41H,6-7,9,11,14,17,20,23,26,29-40H2,1-5H3/p+1/b10-8-,13-12-,16-15-,19-18-,22-21-,25-24-,28-27-. The van der Waals surface area contributed by atoms with Crippen molar-refractivity contribution in [2.75, 3.05) is 54.1 Å². The van der Waals surface area contributed by atoms with Gasteiger partial charge in [0.25, 0.3) is 0 Å². The summed E-state index contributed by atoms with van der Waals surface area (Å²) < 4.78 is 34.4. The van der Waals surface area contributed by atoms with Gasteiger partial charge in [0, 0.05) is 13.0 Å². The Labute approximate surface area is 312 Å². The lowest BCUT2D eigenvalue weighted by Gasteiger charge is -2.24. The second-order valence-corrected chi connectivity index (χ2v) is 15.0. The van der Waals surface area contributed by atoms with Crippen molar-refractivity contribution in [2.45, 2.75) is 123 Å². The van der Waals surface area contributed by atoms with E-state index >= 15 is 0 Å². The molecule has 0 aromatic rings. The summed E-state index contributed by atoms with van der Waals surface area (Å²) in [6.07, 6.45) is 45.6. The highest BCUT2D eigenvalue weighted by atomic mass is 31.2. The van der Waals surface area contributed by atoms with E-state index in [4.69, 9.17) is 18.5 Å². The van der Waals surface area contributed by atoms with Crippen molar-refractivity contribution in [1.82, 2.24) is 0 Å². The molecule has 0 saturated carbocycles. The molecule has 0 aliphatic heterocycles. The van der Waals surface area contributed by atoms with Crippen LogP contribution >= 0.6 is 7.82 Å². The van der Waals surface area contributed by atoms with Crippen molar-refractivity contribution >= 4 is 13.8 Å². The zero-order valence-corrected chi connectivity index (χ0v) is 33.7. The molecule has 0 amide bonds. The van der Waals surface area contributed by atoms with Crippen LogP contribution in [-0.2, 0) is 27.9 Å². The van der Waals surface area contributed by atoms with E-state index in [1.165, 1.54) is 0 Å². The molecule has 51 heavy (non-hydrogen) atoms. The molecule has 1 N–H and O–H groups in total. The number of carbonyl (C=O) groups excluding carboxylic acids is 1. The lowest BCUT2D eigenvalue weighted by Crippen LogP contribution is -2.37. The largest absolute Gasteiger partial charge is 0.472 e. The summed E-state index contributed by atoms with van der Waals surface area (Å²) in [5.74, 6) is -0.353. The maximum Gasteiger partial charge on any atom is 0.472 e. The number of phosphoric ester groups is 1. The average Bonchev–Trinajstić information content (AvgIpc) is 3.07. The van der Waals surface area contributed by atoms with E-state index in [2.05, 4.69) is 98.9 Å². The van der Waals surface area contributed by atoms with Crippen LogP contribution in [0.3, 0.4) is 0 Å². The Morgan fingerprint density at radius 1 is 0.627 bits per heavy atom. The highest BCUT2D eigenvalue weighted by molar-refractivity contribution is 7.47. The number of ether oxygens (including phenoxy) is 2. The van der Waals surface area contributed by atoms with Gasteiger partial charge in [-0.1, -0.05) is 125 Å². The Kier molecular flexibility index (Phi) is 33.2. The van der Waals surface area contributed by atoms with Gasteiger partial charge in [0.2, 0.25) is 0 Å². The molecule has 0 radical (unpaired) electrons. The van der Waals surface area contributed by atoms with Crippen molar-refractivity contribution in [2.24, 2.45) is 0 Å².